The molecule has 2 atom stereocenters. The van der Waals surface area contributed by atoms with Crippen LogP contribution in [0.3, 0.4) is 0 Å². The molecule has 2 aliphatic rings. The Hall–Kier alpha value is -0.910. The zero-order valence-corrected chi connectivity index (χ0v) is 13.4. The minimum absolute atomic E-state index is 0.390. The Balaban J connectivity index is 1.49. The van der Waals surface area contributed by atoms with Crippen LogP contribution in [-0.2, 0) is 11.3 Å². The Morgan fingerprint density at radius 2 is 2.24 bits per heavy atom. The van der Waals surface area contributed by atoms with Crippen molar-refractivity contribution in [2.24, 2.45) is 0 Å². The van der Waals surface area contributed by atoms with Crippen LogP contribution in [0.5, 0.6) is 0 Å². The molecule has 3 rings (SSSR count). The maximum absolute atomic E-state index is 5.62. The molecule has 0 aromatic carbocycles. The Morgan fingerprint density at radius 1 is 1.33 bits per heavy atom. The lowest BCUT2D eigenvalue weighted by molar-refractivity contribution is -0.0210. The minimum Gasteiger partial charge on any atom is -0.376 e. The van der Waals surface area contributed by atoms with E-state index < -0.39 is 0 Å². The van der Waals surface area contributed by atoms with Crippen molar-refractivity contribution < 1.29 is 4.74 Å². The van der Waals surface area contributed by atoms with Gasteiger partial charge in [0.1, 0.15) is 5.82 Å². The Bertz CT molecular complexity index is 447. The molecule has 21 heavy (non-hydrogen) atoms. The number of nitrogens with zero attached hydrogens (tertiary/aromatic N) is 4. The summed E-state index contributed by atoms with van der Waals surface area (Å²) in [5, 5.41) is 0. The van der Waals surface area contributed by atoms with Crippen LogP contribution in [0.25, 0.3) is 0 Å². The van der Waals surface area contributed by atoms with Crippen LogP contribution in [-0.4, -0.2) is 70.8 Å². The van der Waals surface area contributed by atoms with Gasteiger partial charge in [0.15, 0.2) is 0 Å². The van der Waals surface area contributed by atoms with Gasteiger partial charge in [-0.1, -0.05) is 0 Å². The highest BCUT2D eigenvalue weighted by Gasteiger charge is 2.26. The van der Waals surface area contributed by atoms with Crippen molar-refractivity contribution in [2.45, 2.75) is 45.4 Å². The lowest BCUT2D eigenvalue weighted by Crippen LogP contribution is -2.45. The average molecular weight is 292 g/mol. The molecule has 0 spiro atoms. The summed E-state index contributed by atoms with van der Waals surface area (Å²) in [6.45, 7) is 12.0. The summed E-state index contributed by atoms with van der Waals surface area (Å²) >= 11 is 0. The molecule has 0 saturated carbocycles. The third kappa shape index (κ3) is 3.84. The van der Waals surface area contributed by atoms with E-state index in [9.17, 15) is 0 Å². The van der Waals surface area contributed by atoms with Gasteiger partial charge >= 0.3 is 0 Å². The maximum Gasteiger partial charge on any atom is 0.105 e. The summed E-state index contributed by atoms with van der Waals surface area (Å²) in [6.07, 6.45) is 7.05. The van der Waals surface area contributed by atoms with Crippen LogP contribution in [0.4, 0.5) is 0 Å². The summed E-state index contributed by atoms with van der Waals surface area (Å²) < 4.78 is 7.91. The number of aromatic nitrogens is 2. The quantitative estimate of drug-likeness (QED) is 0.821. The zero-order valence-electron chi connectivity index (χ0n) is 13.4. The number of aryl methyl sites for hydroxylation is 1. The van der Waals surface area contributed by atoms with Crippen molar-refractivity contribution in [3.8, 4) is 0 Å². The van der Waals surface area contributed by atoms with Crippen LogP contribution in [0.1, 0.15) is 25.6 Å². The number of likely N-dealkylation sites (tertiary alicyclic amines) is 1. The normalized spacial score (nSPS) is 28.3. The standard InChI is InChI=1S/C16H28N4O/c1-14-12-18(10-11-21-14)8-9-19-6-3-4-16(19)13-20-7-5-17-15(20)2/h5,7,14,16H,3-4,6,8-13H2,1-2H3/t14-,16+/m1/s1. The van der Waals surface area contributed by atoms with Crippen LogP contribution in [0.2, 0.25) is 0 Å². The molecule has 1 aromatic heterocycles. The molecule has 0 radical (unpaired) electrons. The average Bonchev–Trinajstić information content (AvgIpc) is 3.07. The second-order valence-corrected chi connectivity index (χ2v) is 6.44. The van der Waals surface area contributed by atoms with Crippen molar-refractivity contribution in [1.29, 1.82) is 0 Å². The molecule has 2 aliphatic heterocycles. The lowest BCUT2D eigenvalue weighted by Gasteiger charge is -2.33. The number of hydrogen-bond donors (Lipinski definition) is 0. The van der Waals surface area contributed by atoms with Crippen molar-refractivity contribution in [2.75, 3.05) is 39.3 Å². The Morgan fingerprint density at radius 3 is 3.00 bits per heavy atom. The first-order valence-corrected chi connectivity index (χ1v) is 8.28. The molecule has 118 valence electrons. The molecular formula is C16H28N4O. The van der Waals surface area contributed by atoms with E-state index in [1.807, 2.05) is 6.20 Å². The summed E-state index contributed by atoms with van der Waals surface area (Å²) in [4.78, 5) is 9.55. The van der Waals surface area contributed by atoms with Crippen LogP contribution < -0.4 is 0 Å². The molecule has 0 unspecified atom stereocenters. The highest BCUT2D eigenvalue weighted by Crippen LogP contribution is 2.19. The van der Waals surface area contributed by atoms with Gasteiger partial charge in [-0.2, -0.15) is 0 Å². The van der Waals surface area contributed by atoms with E-state index in [4.69, 9.17) is 4.74 Å². The second-order valence-electron chi connectivity index (χ2n) is 6.44. The van der Waals surface area contributed by atoms with Gasteiger partial charge in [-0.3, -0.25) is 9.80 Å². The number of imidazole rings is 1. The van der Waals surface area contributed by atoms with Crippen LogP contribution in [0.15, 0.2) is 12.4 Å². The van der Waals surface area contributed by atoms with E-state index in [0.29, 0.717) is 12.1 Å². The van der Waals surface area contributed by atoms with Crippen molar-refractivity contribution in [3.63, 3.8) is 0 Å². The second kappa shape index (κ2) is 6.90. The third-order valence-electron chi connectivity index (χ3n) is 4.86. The van der Waals surface area contributed by atoms with Gasteiger partial charge in [-0.05, 0) is 33.2 Å². The molecule has 0 bridgehead atoms. The SMILES string of the molecule is Cc1nccn1C[C@@H]1CCCN1CCN1CCO[C@H](C)C1. The third-order valence-corrected chi connectivity index (χ3v) is 4.86. The first kappa shape index (κ1) is 15.0. The van der Waals surface area contributed by atoms with Gasteiger partial charge in [-0.25, -0.2) is 4.98 Å². The molecule has 2 fully saturated rings. The number of morpholine rings is 1. The molecule has 5 heteroatoms. The Labute approximate surface area is 127 Å². The fourth-order valence-corrected chi connectivity index (χ4v) is 3.58. The zero-order chi connectivity index (χ0) is 14.7. The predicted octanol–water partition coefficient (Wildman–Crippen LogP) is 1.38. The van der Waals surface area contributed by atoms with Crippen molar-refractivity contribution in [1.82, 2.24) is 19.4 Å². The molecular weight excluding hydrogens is 264 g/mol. The predicted molar refractivity (Wildman–Crippen MR) is 83.4 cm³/mol. The highest BCUT2D eigenvalue weighted by atomic mass is 16.5. The molecule has 2 saturated heterocycles. The Kier molecular flexibility index (Phi) is 4.93. The first-order valence-electron chi connectivity index (χ1n) is 8.28. The van der Waals surface area contributed by atoms with E-state index >= 15 is 0 Å². The van der Waals surface area contributed by atoms with Gasteiger partial charge in [0.2, 0.25) is 0 Å². The van der Waals surface area contributed by atoms with E-state index in [2.05, 4.69) is 39.4 Å². The van der Waals surface area contributed by atoms with E-state index in [1.54, 1.807) is 0 Å². The van der Waals surface area contributed by atoms with E-state index in [0.717, 1.165) is 32.1 Å². The minimum atomic E-state index is 0.390. The highest BCUT2D eigenvalue weighted by molar-refractivity contribution is 4.91. The number of rotatable bonds is 5. The van der Waals surface area contributed by atoms with Crippen molar-refractivity contribution >= 4 is 0 Å². The van der Waals surface area contributed by atoms with Gasteiger partial charge in [-0.15, -0.1) is 0 Å². The smallest absolute Gasteiger partial charge is 0.105 e. The number of hydrogen-bond acceptors (Lipinski definition) is 4. The summed E-state index contributed by atoms with van der Waals surface area (Å²) in [6, 6.07) is 0.677. The molecule has 0 aliphatic carbocycles. The number of ether oxygens (including phenoxy) is 1. The molecule has 5 nitrogen and oxygen atoms in total. The van der Waals surface area contributed by atoms with E-state index in [-0.39, 0.29) is 0 Å². The van der Waals surface area contributed by atoms with Crippen molar-refractivity contribution in [3.05, 3.63) is 18.2 Å². The van der Waals surface area contributed by atoms with Gasteiger partial charge in [0.25, 0.3) is 0 Å². The lowest BCUT2D eigenvalue weighted by atomic mass is 10.2. The fourth-order valence-electron chi connectivity index (χ4n) is 3.58. The van der Waals surface area contributed by atoms with E-state index in [1.165, 1.54) is 32.5 Å². The maximum atomic E-state index is 5.62. The van der Waals surface area contributed by atoms with Crippen LogP contribution >= 0.6 is 0 Å². The molecule has 0 N–H and O–H groups in total. The monoisotopic (exact) mass is 292 g/mol. The summed E-state index contributed by atoms with van der Waals surface area (Å²) in [5.41, 5.74) is 0. The van der Waals surface area contributed by atoms with Gasteiger partial charge < -0.3 is 9.30 Å². The van der Waals surface area contributed by atoms with Crippen LogP contribution in [0, 0.1) is 6.92 Å². The summed E-state index contributed by atoms with van der Waals surface area (Å²) in [5.74, 6) is 1.13. The first-order chi connectivity index (χ1) is 10.2. The molecule has 3 heterocycles. The largest absolute Gasteiger partial charge is 0.376 e. The topological polar surface area (TPSA) is 33.5 Å². The molecule has 0 amide bonds. The summed E-state index contributed by atoms with van der Waals surface area (Å²) in [7, 11) is 0. The van der Waals surface area contributed by atoms with Gasteiger partial charge in [0.05, 0.1) is 12.7 Å². The fraction of sp³-hybridized carbons (Fsp3) is 0.812. The molecule has 1 aromatic rings. The van der Waals surface area contributed by atoms with Gasteiger partial charge in [0, 0.05) is 51.2 Å².